The van der Waals surface area contributed by atoms with Gasteiger partial charge in [0.25, 0.3) is 0 Å². The summed E-state index contributed by atoms with van der Waals surface area (Å²) in [5, 5.41) is 3.25. The van der Waals surface area contributed by atoms with Gasteiger partial charge >= 0.3 is 0 Å². The normalized spacial score (nSPS) is 26.8. The van der Waals surface area contributed by atoms with Crippen LogP contribution in [0.1, 0.15) is 64.2 Å². The van der Waals surface area contributed by atoms with E-state index in [1.165, 1.54) is 44.9 Å². The first-order chi connectivity index (χ1) is 9.79. The van der Waals surface area contributed by atoms with Crippen LogP contribution in [-0.4, -0.2) is 42.5 Å². The first-order valence-corrected chi connectivity index (χ1v) is 8.53. The third-order valence-electron chi connectivity index (χ3n) is 4.84. The van der Waals surface area contributed by atoms with Gasteiger partial charge in [-0.1, -0.05) is 38.5 Å². The van der Waals surface area contributed by atoms with Crippen LogP contribution in [0.25, 0.3) is 0 Å². The Hall–Kier alpha value is -0.610. The van der Waals surface area contributed by atoms with Crippen molar-refractivity contribution in [1.29, 1.82) is 0 Å². The van der Waals surface area contributed by atoms with Gasteiger partial charge in [-0.15, -0.1) is 0 Å². The molecule has 0 aromatic rings. The Balaban J connectivity index is 1.79. The number of hydrogen-bond donors (Lipinski definition) is 2. The summed E-state index contributed by atoms with van der Waals surface area (Å²) in [4.78, 5) is 14.6. The molecule has 0 aromatic heterocycles. The van der Waals surface area contributed by atoms with Gasteiger partial charge in [0.1, 0.15) is 0 Å². The lowest BCUT2D eigenvalue weighted by molar-refractivity contribution is -0.123. The molecule has 0 aromatic carbocycles. The number of nitrogens with two attached hydrogens (primary N) is 1. The molecule has 1 aliphatic carbocycles. The molecular formula is C16H31N3O. The second-order valence-electron chi connectivity index (χ2n) is 6.47. The SMILES string of the molecule is NCC1CCCCCN1CC(=O)NC1CCCCCC1. The molecule has 1 heterocycles. The molecular weight excluding hydrogens is 250 g/mol. The highest BCUT2D eigenvalue weighted by atomic mass is 16.2. The summed E-state index contributed by atoms with van der Waals surface area (Å²) in [6, 6.07) is 0.811. The molecule has 4 heteroatoms. The average Bonchev–Trinajstić information content (AvgIpc) is 2.81. The Morgan fingerprint density at radius 2 is 1.65 bits per heavy atom. The molecule has 2 fully saturated rings. The Bertz CT molecular complexity index is 287. The number of hydrogen-bond acceptors (Lipinski definition) is 3. The number of likely N-dealkylation sites (tertiary alicyclic amines) is 1. The van der Waals surface area contributed by atoms with Crippen LogP contribution in [0.2, 0.25) is 0 Å². The molecule has 116 valence electrons. The van der Waals surface area contributed by atoms with E-state index in [-0.39, 0.29) is 5.91 Å². The van der Waals surface area contributed by atoms with Gasteiger partial charge in [-0.2, -0.15) is 0 Å². The molecule has 2 aliphatic rings. The molecule has 1 atom stereocenters. The van der Waals surface area contributed by atoms with Crippen LogP contribution < -0.4 is 11.1 Å². The second kappa shape index (κ2) is 8.63. The van der Waals surface area contributed by atoms with E-state index in [1.54, 1.807) is 0 Å². The maximum absolute atomic E-state index is 12.3. The number of nitrogens with one attached hydrogen (secondary N) is 1. The Morgan fingerprint density at radius 1 is 1.00 bits per heavy atom. The van der Waals surface area contributed by atoms with E-state index in [0.29, 0.717) is 25.2 Å². The van der Waals surface area contributed by atoms with Crippen molar-refractivity contribution in [3.05, 3.63) is 0 Å². The minimum absolute atomic E-state index is 0.206. The Kier molecular flexibility index (Phi) is 6.80. The largest absolute Gasteiger partial charge is 0.352 e. The number of carbonyl (C=O) groups excluding carboxylic acids is 1. The van der Waals surface area contributed by atoms with E-state index >= 15 is 0 Å². The molecule has 0 bridgehead atoms. The van der Waals surface area contributed by atoms with Crippen molar-refractivity contribution >= 4 is 5.91 Å². The lowest BCUT2D eigenvalue weighted by Gasteiger charge is -2.29. The monoisotopic (exact) mass is 281 g/mol. The fraction of sp³-hybridized carbons (Fsp3) is 0.938. The zero-order valence-electron chi connectivity index (χ0n) is 12.8. The topological polar surface area (TPSA) is 58.4 Å². The third kappa shape index (κ3) is 5.06. The lowest BCUT2D eigenvalue weighted by atomic mass is 10.1. The molecule has 1 amide bonds. The van der Waals surface area contributed by atoms with Crippen LogP contribution in [-0.2, 0) is 4.79 Å². The molecule has 1 saturated heterocycles. The zero-order chi connectivity index (χ0) is 14.2. The first kappa shape index (κ1) is 15.8. The Labute approximate surface area is 123 Å². The van der Waals surface area contributed by atoms with Gasteiger partial charge in [0.05, 0.1) is 6.54 Å². The quantitative estimate of drug-likeness (QED) is 0.775. The maximum Gasteiger partial charge on any atom is 0.234 e. The van der Waals surface area contributed by atoms with Crippen molar-refractivity contribution < 1.29 is 4.79 Å². The van der Waals surface area contributed by atoms with E-state index in [2.05, 4.69) is 10.2 Å². The maximum atomic E-state index is 12.3. The second-order valence-corrected chi connectivity index (χ2v) is 6.47. The van der Waals surface area contributed by atoms with Gasteiger partial charge in [0.15, 0.2) is 0 Å². The molecule has 2 rings (SSSR count). The van der Waals surface area contributed by atoms with Crippen molar-refractivity contribution in [3.63, 3.8) is 0 Å². The predicted octanol–water partition coefficient (Wildman–Crippen LogP) is 2.03. The van der Waals surface area contributed by atoms with Crippen molar-refractivity contribution in [2.45, 2.75) is 76.3 Å². The van der Waals surface area contributed by atoms with Crippen molar-refractivity contribution in [1.82, 2.24) is 10.2 Å². The minimum atomic E-state index is 0.206. The first-order valence-electron chi connectivity index (χ1n) is 8.53. The molecule has 0 radical (unpaired) electrons. The summed E-state index contributed by atoms with van der Waals surface area (Å²) in [5.41, 5.74) is 5.87. The smallest absolute Gasteiger partial charge is 0.234 e. The highest BCUT2D eigenvalue weighted by molar-refractivity contribution is 5.78. The summed E-state index contributed by atoms with van der Waals surface area (Å²) >= 11 is 0. The number of rotatable bonds is 4. The van der Waals surface area contributed by atoms with E-state index in [0.717, 1.165) is 25.8 Å². The van der Waals surface area contributed by atoms with E-state index in [4.69, 9.17) is 5.73 Å². The van der Waals surface area contributed by atoms with Gasteiger partial charge < -0.3 is 11.1 Å². The van der Waals surface area contributed by atoms with Gasteiger partial charge in [-0.25, -0.2) is 0 Å². The van der Waals surface area contributed by atoms with E-state index < -0.39 is 0 Å². The van der Waals surface area contributed by atoms with Crippen LogP contribution in [0, 0.1) is 0 Å². The lowest BCUT2D eigenvalue weighted by Crippen LogP contribution is -2.47. The summed E-state index contributed by atoms with van der Waals surface area (Å²) in [5.74, 6) is 0.206. The van der Waals surface area contributed by atoms with Gasteiger partial charge in [-0.3, -0.25) is 9.69 Å². The van der Waals surface area contributed by atoms with Crippen molar-refractivity contribution in [2.24, 2.45) is 5.73 Å². The van der Waals surface area contributed by atoms with Gasteiger partial charge in [0.2, 0.25) is 5.91 Å². The minimum Gasteiger partial charge on any atom is -0.352 e. The zero-order valence-corrected chi connectivity index (χ0v) is 12.8. The molecule has 1 aliphatic heterocycles. The van der Waals surface area contributed by atoms with Crippen LogP contribution in [0.15, 0.2) is 0 Å². The fourth-order valence-corrected chi connectivity index (χ4v) is 3.59. The van der Waals surface area contributed by atoms with Crippen LogP contribution >= 0.6 is 0 Å². The predicted molar refractivity (Wildman–Crippen MR) is 82.5 cm³/mol. The number of nitrogens with zero attached hydrogens (tertiary/aromatic N) is 1. The summed E-state index contributed by atoms with van der Waals surface area (Å²) in [6.45, 7) is 2.25. The summed E-state index contributed by atoms with van der Waals surface area (Å²) < 4.78 is 0. The molecule has 1 saturated carbocycles. The molecule has 0 spiro atoms. The molecule has 1 unspecified atom stereocenters. The van der Waals surface area contributed by atoms with Gasteiger partial charge in [-0.05, 0) is 32.2 Å². The molecule has 3 N–H and O–H groups in total. The number of carbonyl (C=O) groups is 1. The fourth-order valence-electron chi connectivity index (χ4n) is 3.59. The van der Waals surface area contributed by atoms with Crippen LogP contribution in [0.3, 0.4) is 0 Å². The molecule has 4 nitrogen and oxygen atoms in total. The summed E-state index contributed by atoms with van der Waals surface area (Å²) in [7, 11) is 0. The molecule has 20 heavy (non-hydrogen) atoms. The van der Waals surface area contributed by atoms with Crippen LogP contribution in [0.5, 0.6) is 0 Å². The summed E-state index contributed by atoms with van der Waals surface area (Å²) in [6.07, 6.45) is 12.4. The third-order valence-corrected chi connectivity index (χ3v) is 4.84. The highest BCUT2D eigenvalue weighted by Crippen LogP contribution is 2.18. The van der Waals surface area contributed by atoms with E-state index in [9.17, 15) is 4.79 Å². The highest BCUT2D eigenvalue weighted by Gasteiger charge is 2.23. The number of amides is 1. The Morgan fingerprint density at radius 3 is 2.35 bits per heavy atom. The van der Waals surface area contributed by atoms with Crippen molar-refractivity contribution in [3.8, 4) is 0 Å². The average molecular weight is 281 g/mol. The van der Waals surface area contributed by atoms with Gasteiger partial charge in [0, 0.05) is 18.6 Å². The standard InChI is InChI=1S/C16H31N3O/c17-12-15-10-6-3-7-11-19(15)13-16(20)18-14-8-4-1-2-5-9-14/h14-15H,1-13,17H2,(H,18,20). The van der Waals surface area contributed by atoms with E-state index in [1.807, 2.05) is 0 Å². The van der Waals surface area contributed by atoms with Crippen molar-refractivity contribution in [2.75, 3.05) is 19.6 Å². The van der Waals surface area contributed by atoms with Crippen LogP contribution in [0.4, 0.5) is 0 Å².